The Kier molecular flexibility index (Phi) is 4.97. The number of carboxylic acids is 1. The fourth-order valence-electron chi connectivity index (χ4n) is 1.21. The van der Waals surface area contributed by atoms with E-state index in [9.17, 15) is 9.18 Å². The minimum atomic E-state index is -0.998. The minimum Gasteiger partial charge on any atom is -0.486 e. The molecule has 0 aromatic heterocycles. The Morgan fingerprint density at radius 2 is 2.29 bits per heavy atom. The van der Waals surface area contributed by atoms with Crippen LogP contribution in [0.5, 0.6) is 5.75 Å². The van der Waals surface area contributed by atoms with Crippen LogP contribution in [0.2, 0.25) is 5.02 Å². The predicted molar refractivity (Wildman–Crippen MR) is 62.9 cm³/mol. The number of ether oxygens (including phenoxy) is 1. The first-order chi connectivity index (χ1) is 8.06. The minimum absolute atomic E-state index is 0.00721. The lowest BCUT2D eigenvalue weighted by Crippen LogP contribution is -2.03. The van der Waals surface area contributed by atoms with Crippen molar-refractivity contribution >= 4 is 17.6 Å². The number of rotatable bonds is 5. The van der Waals surface area contributed by atoms with Crippen molar-refractivity contribution in [2.75, 3.05) is 6.61 Å². The summed E-state index contributed by atoms with van der Waals surface area (Å²) >= 11 is 5.57. The van der Waals surface area contributed by atoms with Gasteiger partial charge in [-0.2, -0.15) is 0 Å². The quantitative estimate of drug-likeness (QED) is 0.825. The van der Waals surface area contributed by atoms with E-state index < -0.39 is 11.8 Å². The van der Waals surface area contributed by atoms with Crippen LogP contribution in [0.4, 0.5) is 4.39 Å². The van der Waals surface area contributed by atoms with E-state index in [4.69, 9.17) is 21.4 Å². The number of carbonyl (C=O) groups is 1. The van der Waals surface area contributed by atoms with Gasteiger partial charge in [-0.05, 0) is 24.6 Å². The molecule has 0 radical (unpaired) electrons. The van der Waals surface area contributed by atoms with Crippen molar-refractivity contribution in [3.05, 3.63) is 40.7 Å². The van der Waals surface area contributed by atoms with Crippen molar-refractivity contribution in [1.82, 2.24) is 0 Å². The Morgan fingerprint density at radius 3 is 2.88 bits per heavy atom. The molecule has 1 aromatic carbocycles. The summed E-state index contributed by atoms with van der Waals surface area (Å²) in [6, 6.07) is 4.40. The first-order valence-corrected chi connectivity index (χ1v) is 5.43. The summed E-state index contributed by atoms with van der Waals surface area (Å²) in [4.78, 5) is 10.7. The second-order valence-corrected chi connectivity index (χ2v) is 3.66. The highest BCUT2D eigenvalue weighted by atomic mass is 35.5. The van der Waals surface area contributed by atoms with Crippen molar-refractivity contribution in [1.29, 1.82) is 0 Å². The topological polar surface area (TPSA) is 46.5 Å². The monoisotopic (exact) mass is 258 g/mol. The van der Waals surface area contributed by atoms with Crippen molar-refractivity contribution in [2.24, 2.45) is 0 Å². The Balaban J connectivity index is 2.68. The molecule has 0 bridgehead atoms. The van der Waals surface area contributed by atoms with Crippen molar-refractivity contribution in [3.8, 4) is 5.75 Å². The summed E-state index contributed by atoms with van der Waals surface area (Å²) in [5.74, 6) is -1.63. The molecule has 1 rings (SSSR count). The summed E-state index contributed by atoms with van der Waals surface area (Å²) < 4.78 is 18.5. The highest BCUT2D eigenvalue weighted by Gasteiger charge is 2.07. The normalized spacial score (nSPS) is 11.4. The molecule has 1 N–H and O–H groups in total. The summed E-state index contributed by atoms with van der Waals surface area (Å²) in [6.45, 7) is 1.71. The molecule has 1 aromatic rings. The standard InChI is InChI=1S/C12H12ClFO3/c1-2-8(12(15)16)6-7-17-10-5-3-4-9(13)11(10)14/h3-6H,2,7H2,1H3,(H,15,16)/b8-6-. The SMILES string of the molecule is CC/C(=C/COc1cccc(Cl)c1F)C(=O)O. The van der Waals surface area contributed by atoms with Gasteiger partial charge in [0.1, 0.15) is 6.61 Å². The molecule has 0 unspecified atom stereocenters. The second-order valence-electron chi connectivity index (χ2n) is 3.25. The second kappa shape index (κ2) is 6.25. The molecule has 0 fully saturated rings. The fraction of sp³-hybridized carbons (Fsp3) is 0.250. The third kappa shape index (κ3) is 3.75. The highest BCUT2D eigenvalue weighted by molar-refractivity contribution is 6.30. The summed E-state index contributed by atoms with van der Waals surface area (Å²) in [7, 11) is 0. The molecule has 0 aliphatic rings. The Morgan fingerprint density at radius 1 is 1.59 bits per heavy atom. The Hall–Kier alpha value is -1.55. The van der Waals surface area contributed by atoms with Gasteiger partial charge in [0, 0.05) is 5.57 Å². The molecule has 0 spiro atoms. The molecule has 92 valence electrons. The maximum atomic E-state index is 13.4. The zero-order chi connectivity index (χ0) is 12.8. The zero-order valence-electron chi connectivity index (χ0n) is 9.24. The van der Waals surface area contributed by atoms with Crippen LogP contribution in [-0.2, 0) is 4.79 Å². The molecule has 0 atom stereocenters. The molecular formula is C12H12ClFO3. The van der Waals surface area contributed by atoms with E-state index in [1.165, 1.54) is 18.2 Å². The van der Waals surface area contributed by atoms with Crippen molar-refractivity contribution in [3.63, 3.8) is 0 Å². The van der Waals surface area contributed by atoms with Crippen molar-refractivity contribution < 1.29 is 19.0 Å². The molecule has 0 aliphatic carbocycles. The molecule has 0 amide bonds. The van der Waals surface area contributed by atoms with E-state index >= 15 is 0 Å². The van der Waals surface area contributed by atoms with E-state index in [1.807, 2.05) is 0 Å². The predicted octanol–water partition coefficient (Wildman–Crippen LogP) is 3.28. The average molecular weight is 259 g/mol. The first kappa shape index (κ1) is 13.5. The molecule has 17 heavy (non-hydrogen) atoms. The lowest BCUT2D eigenvalue weighted by Gasteiger charge is -2.06. The number of carboxylic acid groups (broad SMARTS) is 1. The third-order valence-electron chi connectivity index (χ3n) is 2.14. The Bertz CT molecular complexity index is 443. The molecule has 0 saturated heterocycles. The highest BCUT2D eigenvalue weighted by Crippen LogP contribution is 2.23. The van der Waals surface area contributed by atoms with Gasteiger partial charge >= 0.3 is 5.97 Å². The van der Waals surface area contributed by atoms with Gasteiger partial charge in [-0.15, -0.1) is 0 Å². The van der Waals surface area contributed by atoms with E-state index in [1.54, 1.807) is 13.0 Å². The van der Waals surface area contributed by atoms with Crippen LogP contribution in [-0.4, -0.2) is 17.7 Å². The van der Waals surface area contributed by atoms with Crippen LogP contribution in [0.15, 0.2) is 29.8 Å². The summed E-state index contributed by atoms with van der Waals surface area (Å²) in [6.07, 6.45) is 1.79. The summed E-state index contributed by atoms with van der Waals surface area (Å²) in [5, 5.41) is 8.72. The van der Waals surface area contributed by atoms with Crippen LogP contribution >= 0.6 is 11.6 Å². The smallest absolute Gasteiger partial charge is 0.331 e. The fourth-order valence-corrected chi connectivity index (χ4v) is 1.38. The molecular weight excluding hydrogens is 247 g/mol. The third-order valence-corrected chi connectivity index (χ3v) is 2.43. The Labute approximate surface area is 103 Å². The van der Waals surface area contributed by atoms with E-state index in [0.717, 1.165) is 0 Å². The number of halogens is 2. The largest absolute Gasteiger partial charge is 0.486 e. The zero-order valence-corrected chi connectivity index (χ0v) is 10.00. The van der Waals surface area contributed by atoms with Crippen LogP contribution < -0.4 is 4.74 Å². The number of aliphatic carboxylic acids is 1. The van der Waals surface area contributed by atoms with Gasteiger partial charge in [-0.25, -0.2) is 9.18 Å². The van der Waals surface area contributed by atoms with Crippen LogP contribution in [0.25, 0.3) is 0 Å². The molecule has 5 heteroatoms. The first-order valence-electron chi connectivity index (χ1n) is 5.05. The molecule has 0 saturated carbocycles. The van der Waals surface area contributed by atoms with Gasteiger partial charge in [0.25, 0.3) is 0 Å². The molecule has 0 heterocycles. The maximum Gasteiger partial charge on any atom is 0.331 e. The molecule has 0 aliphatic heterocycles. The molecule has 3 nitrogen and oxygen atoms in total. The number of hydrogen-bond donors (Lipinski definition) is 1. The van der Waals surface area contributed by atoms with Gasteiger partial charge in [-0.3, -0.25) is 0 Å². The van der Waals surface area contributed by atoms with Crippen molar-refractivity contribution in [2.45, 2.75) is 13.3 Å². The van der Waals surface area contributed by atoms with Gasteiger partial charge in [0.2, 0.25) is 0 Å². The van der Waals surface area contributed by atoms with Gasteiger partial charge in [-0.1, -0.05) is 24.6 Å². The van der Waals surface area contributed by atoms with Gasteiger partial charge in [0.05, 0.1) is 5.02 Å². The summed E-state index contributed by atoms with van der Waals surface area (Å²) in [5.41, 5.74) is 0.229. The maximum absolute atomic E-state index is 13.4. The van der Waals surface area contributed by atoms with Gasteiger partial charge in [0.15, 0.2) is 11.6 Å². The number of hydrogen-bond acceptors (Lipinski definition) is 2. The lowest BCUT2D eigenvalue weighted by molar-refractivity contribution is -0.132. The van der Waals surface area contributed by atoms with E-state index in [0.29, 0.717) is 6.42 Å². The van der Waals surface area contributed by atoms with E-state index in [2.05, 4.69) is 0 Å². The van der Waals surface area contributed by atoms with Crippen LogP contribution in [0.1, 0.15) is 13.3 Å². The lowest BCUT2D eigenvalue weighted by atomic mass is 10.2. The van der Waals surface area contributed by atoms with Gasteiger partial charge < -0.3 is 9.84 Å². The average Bonchev–Trinajstić information content (AvgIpc) is 2.29. The van der Waals surface area contributed by atoms with E-state index in [-0.39, 0.29) is 23.0 Å². The van der Waals surface area contributed by atoms with Crippen LogP contribution in [0.3, 0.4) is 0 Å². The van der Waals surface area contributed by atoms with Crippen LogP contribution in [0, 0.1) is 5.82 Å². The number of benzene rings is 1.